The number of fused-ring (bicyclic) bond motifs is 1. The summed E-state index contributed by atoms with van der Waals surface area (Å²) in [6.45, 7) is 0. The molecule has 0 saturated heterocycles. The number of hydrogen-bond donors (Lipinski definition) is 0. The van der Waals surface area contributed by atoms with E-state index in [1.54, 1.807) is 45.6 Å². The van der Waals surface area contributed by atoms with E-state index in [0.29, 0.717) is 17.1 Å². The molecule has 0 spiro atoms. The average molecular weight is 348 g/mol. The Morgan fingerprint density at radius 1 is 0.769 bits per heavy atom. The maximum atomic E-state index is 12.4. The summed E-state index contributed by atoms with van der Waals surface area (Å²) >= 11 is 0. The fraction of sp³-hybridized carbons (Fsp3) is 0.136. The summed E-state index contributed by atoms with van der Waals surface area (Å²) in [5.41, 5.74) is 1.50. The van der Waals surface area contributed by atoms with Crippen molar-refractivity contribution >= 4 is 22.6 Å². The number of carbonyl (C=O) groups excluding carboxylic acids is 1. The summed E-state index contributed by atoms with van der Waals surface area (Å²) in [6.07, 6.45) is 3.37. The standard InChI is InChI=1S/C22H20O4/c1-24-19-9-7-16-12-15(4-6-17(16)13-19)5-10-20(23)18-8-11-21(25-2)22(14-18)26-3/h4-14H,1-3H3/b10-5-. The number of allylic oxidation sites excluding steroid dienone is 1. The zero-order valence-corrected chi connectivity index (χ0v) is 15.0. The summed E-state index contributed by atoms with van der Waals surface area (Å²) in [5, 5.41) is 2.18. The van der Waals surface area contributed by atoms with E-state index in [1.807, 2.05) is 42.5 Å². The Kier molecular flexibility index (Phi) is 5.23. The van der Waals surface area contributed by atoms with Crippen LogP contribution in [-0.2, 0) is 0 Å². The molecule has 0 aromatic heterocycles. The van der Waals surface area contributed by atoms with E-state index in [9.17, 15) is 4.79 Å². The zero-order chi connectivity index (χ0) is 18.5. The zero-order valence-electron chi connectivity index (χ0n) is 15.0. The van der Waals surface area contributed by atoms with Gasteiger partial charge in [-0.1, -0.05) is 24.3 Å². The fourth-order valence-corrected chi connectivity index (χ4v) is 2.73. The topological polar surface area (TPSA) is 44.8 Å². The number of methoxy groups -OCH3 is 3. The second-order valence-electron chi connectivity index (χ2n) is 5.74. The van der Waals surface area contributed by atoms with E-state index in [4.69, 9.17) is 14.2 Å². The number of carbonyl (C=O) groups is 1. The van der Waals surface area contributed by atoms with Crippen LogP contribution in [0.15, 0.2) is 60.7 Å². The molecule has 0 aliphatic rings. The van der Waals surface area contributed by atoms with Crippen LogP contribution in [-0.4, -0.2) is 27.1 Å². The van der Waals surface area contributed by atoms with Gasteiger partial charge in [-0.3, -0.25) is 4.79 Å². The van der Waals surface area contributed by atoms with Crippen molar-refractivity contribution in [2.75, 3.05) is 21.3 Å². The van der Waals surface area contributed by atoms with Gasteiger partial charge in [-0.05, 0) is 58.8 Å². The number of rotatable bonds is 6. The van der Waals surface area contributed by atoms with E-state index in [0.717, 1.165) is 22.1 Å². The van der Waals surface area contributed by atoms with Crippen molar-refractivity contribution in [2.45, 2.75) is 0 Å². The van der Waals surface area contributed by atoms with Gasteiger partial charge in [0.2, 0.25) is 0 Å². The van der Waals surface area contributed by atoms with Gasteiger partial charge in [0.1, 0.15) is 5.75 Å². The number of ether oxygens (including phenoxy) is 3. The van der Waals surface area contributed by atoms with Gasteiger partial charge in [-0.2, -0.15) is 0 Å². The van der Waals surface area contributed by atoms with Crippen molar-refractivity contribution in [1.29, 1.82) is 0 Å². The predicted octanol–water partition coefficient (Wildman–Crippen LogP) is 4.76. The molecule has 0 unspecified atom stereocenters. The molecular formula is C22H20O4. The molecule has 3 rings (SSSR count). The Morgan fingerprint density at radius 3 is 2.23 bits per heavy atom. The lowest BCUT2D eigenvalue weighted by Crippen LogP contribution is -1.97. The summed E-state index contributed by atoms with van der Waals surface area (Å²) < 4.78 is 15.7. The molecule has 0 aliphatic carbocycles. The van der Waals surface area contributed by atoms with Crippen molar-refractivity contribution in [3.05, 3.63) is 71.8 Å². The molecule has 0 fully saturated rings. The number of ketones is 1. The second kappa shape index (κ2) is 7.74. The van der Waals surface area contributed by atoms with Crippen LogP contribution in [0.1, 0.15) is 15.9 Å². The van der Waals surface area contributed by atoms with Gasteiger partial charge in [0.15, 0.2) is 17.3 Å². The van der Waals surface area contributed by atoms with E-state index in [2.05, 4.69) is 0 Å². The molecular weight excluding hydrogens is 328 g/mol. The summed E-state index contributed by atoms with van der Waals surface area (Å²) in [5.74, 6) is 1.86. The van der Waals surface area contributed by atoms with Crippen LogP contribution < -0.4 is 14.2 Å². The molecule has 0 bridgehead atoms. The first-order valence-electron chi connectivity index (χ1n) is 8.17. The first kappa shape index (κ1) is 17.5. The van der Waals surface area contributed by atoms with E-state index in [-0.39, 0.29) is 5.78 Å². The van der Waals surface area contributed by atoms with Crippen LogP contribution in [0.3, 0.4) is 0 Å². The molecule has 26 heavy (non-hydrogen) atoms. The molecule has 0 aliphatic heterocycles. The lowest BCUT2D eigenvalue weighted by molar-refractivity contribution is 0.104. The number of benzene rings is 3. The minimum absolute atomic E-state index is 0.0965. The molecule has 0 atom stereocenters. The summed E-state index contributed by atoms with van der Waals surface area (Å²) in [4.78, 5) is 12.4. The van der Waals surface area contributed by atoms with E-state index >= 15 is 0 Å². The maximum Gasteiger partial charge on any atom is 0.185 e. The molecule has 0 N–H and O–H groups in total. The molecule has 0 amide bonds. The first-order valence-corrected chi connectivity index (χ1v) is 8.17. The van der Waals surface area contributed by atoms with Gasteiger partial charge in [0, 0.05) is 5.56 Å². The Balaban J connectivity index is 1.82. The van der Waals surface area contributed by atoms with Gasteiger partial charge in [0.25, 0.3) is 0 Å². The van der Waals surface area contributed by atoms with Gasteiger partial charge >= 0.3 is 0 Å². The van der Waals surface area contributed by atoms with Gasteiger partial charge in [-0.25, -0.2) is 0 Å². The SMILES string of the molecule is COc1ccc2cc(/C=C\C(=O)c3ccc(OC)c(OC)c3)ccc2c1. The van der Waals surface area contributed by atoms with E-state index in [1.165, 1.54) is 0 Å². The third-order valence-electron chi connectivity index (χ3n) is 4.17. The van der Waals surface area contributed by atoms with Crippen molar-refractivity contribution in [3.63, 3.8) is 0 Å². The van der Waals surface area contributed by atoms with Crippen LogP contribution in [0.5, 0.6) is 17.2 Å². The molecule has 4 nitrogen and oxygen atoms in total. The smallest absolute Gasteiger partial charge is 0.185 e. The quantitative estimate of drug-likeness (QED) is 0.476. The summed E-state index contributed by atoms with van der Waals surface area (Å²) in [7, 11) is 4.76. The molecule has 0 radical (unpaired) electrons. The molecule has 0 saturated carbocycles. The minimum Gasteiger partial charge on any atom is -0.497 e. The molecule has 3 aromatic rings. The fourth-order valence-electron chi connectivity index (χ4n) is 2.73. The normalized spacial score (nSPS) is 10.9. The Bertz CT molecular complexity index is 973. The highest BCUT2D eigenvalue weighted by Crippen LogP contribution is 2.28. The highest BCUT2D eigenvalue weighted by atomic mass is 16.5. The molecule has 4 heteroatoms. The van der Waals surface area contributed by atoms with Crippen LogP contribution in [0.4, 0.5) is 0 Å². The third kappa shape index (κ3) is 3.70. The predicted molar refractivity (Wildman–Crippen MR) is 103 cm³/mol. The van der Waals surface area contributed by atoms with Gasteiger partial charge in [0.05, 0.1) is 21.3 Å². The monoisotopic (exact) mass is 348 g/mol. The third-order valence-corrected chi connectivity index (χ3v) is 4.17. The lowest BCUT2D eigenvalue weighted by Gasteiger charge is -2.08. The largest absolute Gasteiger partial charge is 0.497 e. The Hall–Kier alpha value is -3.27. The highest BCUT2D eigenvalue weighted by Gasteiger charge is 2.08. The van der Waals surface area contributed by atoms with Crippen molar-refractivity contribution in [2.24, 2.45) is 0 Å². The van der Waals surface area contributed by atoms with Crippen LogP contribution in [0, 0.1) is 0 Å². The van der Waals surface area contributed by atoms with Gasteiger partial charge in [-0.15, -0.1) is 0 Å². The molecule has 3 aromatic carbocycles. The van der Waals surface area contributed by atoms with Crippen LogP contribution in [0.2, 0.25) is 0 Å². The molecule has 132 valence electrons. The van der Waals surface area contributed by atoms with Crippen molar-refractivity contribution in [3.8, 4) is 17.2 Å². The number of hydrogen-bond acceptors (Lipinski definition) is 4. The highest BCUT2D eigenvalue weighted by molar-refractivity contribution is 6.07. The molecule has 0 heterocycles. The first-order chi connectivity index (χ1) is 12.6. The maximum absolute atomic E-state index is 12.4. The van der Waals surface area contributed by atoms with Gasteiger partial charge < -0.3 is 14.2 Å². The van der Waals surface area contributed by atoms with Crippen molar-refractivity contribution < 1.29 is 19.0 Å². The average Bonchev–Trinajstić information content (AvgIpc) is 2.70. The minimum atomic E-state index is -0.0965. The van der Waals surface area contributed by atoms with Crippen LogP contribution >= 0.6 is 0 Å². The van der Waals surface area contributed by atoms with Crippen LogP contribution in [0.25, 0.3) is 16.8 Å². The second-order valence-corrected chi connectivity index (χ2v) is 5.74. The Morgan fingerprint density at radius 2 is 1.50 bits per heavy atom. The Labute approximate surface area is 152 Å². The van der Waals surface area contributed by atoms with Crippen molar-refractivity contribution in [1.82, 2.24) is 0 Å². The lowest BCUT2D eigenvalue weighted by atomic mass is 10.0. The van der Waals surface area contributed by atoms with E-state index < -0.39 is 0 Å². The summed E-state index contributed by atoms with van der Waals surface area (Å²) in [6, 6.07) is 17.1.